The Hall–Kier alpha value is -4.14. The second-order valence-corrected chi connectivity index (χ2v) is 9.10. The molecule has 9 nitrogen and oxygen atoms in total. The summed E-state index contributed by atoms with van der Waals surface area (Å²) < 4.78 is 5.55. The Morgan fingerprint density at radius 3 is 2.31 bits per heavy atom. The lowest BCUT2D eigenvalue weighted by molar-refractivity contribution is -0.142. The predicted molar refractivity (Wildman–Crippen MR) is 127 cm³/mol. The highest BCUT2D eigenvalue weighted by atomic mass is 16.5. The van der Waals surface area contributed by atoms with Crippen LogP contribution in [0.25, 0.3) is 11.1 Å². The first kappa shape index (κ1) is 22.6. The van der Waals surface area contributed by atoms with Gasteiger partial charge in [0.25, 0.3) is 0 Å². The van der Waals surface area contributed by atoms with Gasteiger partial charge in [0.2, 0.25) is 5.91 Å². The normalized spacial score (nSPS) is 16.0. The molecule has 1 fully saturated rings. The summed E-state index contributed by atoms with van der Waals surface area (Å²) >= 11 is 0. The van der Waals surface area contributed by atoms with Crippen LogP contribution in [-0.2, 0) is 20.7 Å². The molecule has 1 heterocycles. The Bertz CT molecular complexity index is 1210. The quantitative estimate of drug-likeness (QED) is 0.377. The van der Waals surface area contributed by atoms with Gasteiger partial charge < -0.3 is 25.5 Å². The molecule has 2 amide bonds. The molecule has 4 N–H and O–H groups in total. The molecule has 0 saturated heterocycles. The fourth-order valence-corrected chi connectivity index (χ4v) is 4.65. The number of aliphatic carboxylic acids is 1. The van der Waals surface area contributed by atoms with Crippen LogP contribution in [0.3, 0.4) is 0 Å². The number of carbonyl (C=O) groups excluding carboxylic acids is 2. The van der Waals surface area contributed by atoms with Gasteiger partial charge in [-0.1, -0.05) is 48.5 Å². The van der Waals surface area contributed by atoms with Gasteiger partial charge in [-0.15, -0.1) is 0 Å². The van der Waals surface area contributed by atoms with E-state index in [4.69, 9.17) is 4.74 Å². The molecule has 0 bridgehead atoms. The summed E-state index contributed by atoms with van der Waals surface area (Å²) in [4.78, 5) is 43.7. The van der Waals surface area contributed by atoms with E-state index in [9.17, 15) is 19.5 Å². The first-order chi connectivity index (χ1) is 17.0. The lowest BCUT2D eigenvalue weighted by Crippen LogP contribution is -2.48. The van der Waals surface area contributed by atoms with E-state index in [0.29, 0.717) is 18.5 Å². The topological polar surface area (TPSA) is 133 Å². The summed E-state index contributed by atoms with van der Waals surface area (Å²) in [6.45, 7) is 0.274. The largest absolute Gasteiger partial charge is 0.480 e. The van der Waals surface area contributed by atoms with E-state index >= 15 is 0 Å². The first-order valence-electron chi connectivity index (χ1n) is 11.6. The number of ether oxygens (including phenoxy) is 1. The molecule has 9 heteroatoms. The minimum Gasteiger partial charge on any atom is -0.480 e. The molecule has 3 aromatic rings. The summed E-state index contributed by atoms with van der Waals surface area (Å²) in [6, 6.07) is 15.1. The van der Waals surface area contributed by atoms with Crippen molar-refractivity contribution in [2.75, 3.05) is 13.2 Å². The highest BCUT2D eigenvalue weighted by Crippen LogP contribution is 2.46. The highest BCUT2D eigenvalue weighted by molar-refractivity contribution is 5.90. The van der Waals surface area contributed by atoms with Crippen molar-refractivity contribution >= 4 is 18.0 Å². The van der Waals surface area contributed by atoms with Crippen molar-refractivity contribution in [2.24, 2.45) is 5.41 Å². The van der Waals surface area contributed by atoms with Crippen molar-refractivity contribution in [3.8, 4) is 11.1 Å². The maximum absolute atomic E-state index is 12.8. The minimum atomic E-state index is -1.13. The predicted octanol–water partition coefficient (Wildman–Crippen LogP) is 2.84. The maximum Gasteiger partial charge on any atom is 0.407 e. The van der Waals surface area contributed by atoms with Gasteiger partial charge in [0.15, 0.2) is 0 Å². The van der Waals surface area contributed by atoms with Crippen molar-refractivity contribution in [3.05, 3.63) is 77.9 Å². The molecule has 2 aliphatic rings. The van der Waals surface area contributed by atoms with E-state index in [2.05, 4.69) is 32.7 Å². The number of hydrogen-bond acceptors (Lipinski definition) is 5. The number of aromatic amines is 1. The number of carboxylic acids is 1. The SMILES string of the molecule is O=C(NCC1(C(=O)N[C@H](Cc2cnc[nH]2)C(=O)O)CC1)OCC1c2ccccc2-c2ccccc21. The van der Waals surface area contributed by atoms with Gasteiger partial charge in [0.05, 0.1) is 11.7 Å². The van der Waals surface area contributed by atoms with Crippen LogP contribution < -0.4 is 10.6 Å². The number of hydrogen-bond donors (Lipinski definition) is 4. The molecule has 5 rings (SSSR count). The molecule has 1 saturated carbocycles. The number of rotatable bonds is 9. The standard InChI is InChI=1S/C26H26N4O5/c31-23(32)22(11-16-12-27-15-29-16)30-24(33)26(9-10-26)14-28-25(34)35-13-21-19-7-3-1-5-17(19)18-6-2-4-8-20(18)21/h1-8,12,15,21-22H,9-11,13-14H2,(H,27,29)(H,28,34)(H,30,33)(H,31,32)/t22-/m1/s1. The Kier molecular flexibility index (Phi) is 5.98. The maximum atomic E-state index is 12.8. The second kappa shape index (κ2) is 9.25. The number of nitrogens with one attached hydrogen (secondary N) is 3. The van der Waals surface area contributed by atoms with Crippen LogP contribution in [0.5, 0.6) is 0 Å². The molecule has 0 radical (unpaired) electrons. The summed E-state index contributed by atoms with van der Waals surface area (Å²) in [7, 11) is 0. The summed E-state index contributed by atoms with van der Waals surface area (Å²) in [5.74, 6) is -1.57. The van der Waals surface area contributed by atoms with E-state index in [1.165, 1.54) is 12.5 Å². The smallest absolute Gasteiger partial charge is 0.407 e. The van der Waals surface area contributed by atoms with Gasteiger partial charge in [-0.2, -0.15) is 0 Å². The van der Waals surface area contributed by atoms with Crippen LogP contribution in [-0.4, -0.2) is 52.2 Å². The Morgan fingerprint density at radius 2 is 1.74 bits per heavy atom. The van der Waals surface area contributed by atoms with Gasteiger partial charge in [-0.3, -0.25) is 4.79 Å². The van der Waals surface area contributed by atoms with Crippen LogP contribution in [0, 0.1) is 5.41 Å². The number of imidazole rings is 1. The average molecular weight is 475 g/mol. The third-order valence-corrected chi connectivity index (χ3v) is 6.83. The Labute approximate surface area is 201 Å². The zero-order chi connectivity index (χ0) is 24.4. The molecule has 0 unspecified atom stereocenters. The molecule has 0 aliphatic heterocycles. The van der Waals surface area contributed by atoms with Crippen LogP contribution in [0.15, 0.2) is 61.1 Å². The van der Waals surface area contributed by atoms with Gasteiger partial charge in [0, 0.05) is 30.8 Å². The summed E-state index contributed by atoms with van der Waals surface area (Å²) in [6.07, 6.45) is 3.61. The number of nitrogens with zero attached hydrogens (tertiary/aromatic N) is 1. The van der Waals surface area contributed by atoms with Crippen LogP contribution >= 0.6 is 0 Å². The number of carbonyl (C=O) groups is 3. The van der Waals surface area contributed by atoms with Crippen molar-refractivity contribution in [3.63, 3.8) is 0 Å². The zero-order valence-electron chi connectivity index (χ0n) is 19.0. The molecular weight excluding hydrogens is 448 g/mol. The van der Waals surface area contributed by atoms with Crippen molar-refractivity contribution in [2.45, 2.75) is 31.2 Å². The van der Waals surface area contributed by atoms with E-state index in [1.54, 1.807) is 0 Å². The van der Waals surface area contributed by atoms with E-state index in [0.717, 1.165) is 22.3 Å². The number of carboxylic acid groups (broad SMARTS) is 1. The van der Waals surface area contributed by atoms with Crippen molar-refractivity contribution < 1.29 is 24.2 Å². The molecule has 35 heavy (non-hydrogen) atoms. The Balaban J connectivity index is 1.16. The average Bonchev–Trinajstić information content (AvgIpc) is 3.36. The molecular formula is C26H26N4O5. The lowest BCUT2D eigenvalue weighted by atomic mass is 9.98. The van der Waals surface area contributed by atoms with Crippen LogP contribution in [0.4, 0.5) is 4.79 Å². The highest BCUT2D eigenvalue weighted by Gasteiger charge is 2.51. The lowest BCUT2D eigenvalue weighted by Gasteiger charge is -2.20. The fraction of sp³-hybridized carbons (Fsp3) is 0.308. The minimum absolute atomic E-state index is 0.0508. The molecule has 180 valence electrons. The number of benzene rings is 2. The van der Waals surface area contributed by atoms with Gasteiger partial charge >= 0.3 is 12.1 Å². The molecule has 1 atom stereocenters. The molecule has 0 spiro atoms. The van der Waals surface area contributed by atoms with E-state index in [1.807, 2.05) is 36.4 Å². The summed E-state index contributed by atoms with van der Waals surface area (Å²) in [5.41, 5.74) is 4.34. The first-order valence-corrected chi connectivity index (χ1v) is 11.6. The number of amides is 2. The number of alkyl carbamates (subject to hydrolysis) is 1. The van der Waals surface area contributed by atoms with Gasteiger partial charge in [0.1, 0.15) is 12.6 Å². The molecule has 2 aliphatic carbocycles. The van der Waals surface area contributed by atoms with Crippen LogP contribution in [0.1, 0.15) is 35.6 Å². The van der Waals surface area contributed by atoms with E-state index in [-0.39, 0.29) is 31.4 Å². The second-order valence-electron chi connectivity index (χ2n) is 9.10. The fourth-order valence-electron chi connectivity index (χ4n) is 4.65. The third-order valence-electron chi connectivity index (χ3n) is 6.83. The third kappa shape index (κ3) is 4.62. The number of fused-ring (bicyclic) bond motifs is 3. The van der Waals surface area contributed by atoms with Gasteiger partial charge in [-0.25, -0.2) is 14.6 Å². The zero-order valence-corrected chi connectivity index (χ0v) is 19.0. The number of H-pyrrole nitrogens is 1. The summed E-state index contributed by atoms with van der Waals surface area (Å²) in [5, 5.41) is 14.8. The van der Waals surface area contributed by atoms with Crippen LogP contribution in [0.2, 0.25) is 0 Å². The molecule has 1 aromatic heterocycles. The van der Waals surface area contributed by atoms with E-state index < -0.39 is 23.5 Å². The molecule has 2 aromatic carbocycles. The monoisotopic (exact) mass is 474 g/mol. The Morgan fingerprint density at radius 1 is 1.09 bits per heavy atom. The number of aromatic nitrogens is 2. The van der Waals surface area contributed by atoms with Crippen molar-refractivity contribution in [1.29, 1.82) is 0 Å². The van der Waals surface area contributed by atoms with Gasteiger partial charge in [-0.05, 0) is 35.1 Å². The van der Waals surface area contributed by atoms with Crippen molar-refractivity contribution in [1.82, 2.24) is 20.6 Å².